The molecule has 2 heterocycles. The van der Waals surface area contributed by atoms with Crippen LogP contribution < -0.4 is 5.32 Å². The zero-order valence-corrected chi connectivity index (χ0v) is 14.9. The maximum absolute atomic E-state index is 12.1. The molecule has 0 bridgehead atoms. The predicted molar refractivity (Wildman–Crippen MR) is 94.5 cm³/mol. The van der Waals surface area contributed by atoms with E-state index in [9.17, 15) is 4.79 Å². The molecule has 1 aromatic carbocycles. The van der Waals surface area contributed by atoms with E-state index in [1.807, 2.05) is 0 Å². The number of nitrogens with one attached hydrogen (secondary N) is 1. The normalized spacial score (nSPS) is 18.7. The highest BCUT2D eigenvalue weighted by atomic mass is 35.5. The molecule has 0 radical (unpaired) electrons. The van der Waals surface area contributed by atoms with E-state index in [1.54, 1.807) is 24.3 Å². The van der Waals surface area contributed by atoms with Crippen LogP contribution in [0.15, 0.2) is 28.8 Å². The number of thioether (sulfide) groups is 1. The Bertz CT molecular complexity index is 692. The third-order valence-electron chi connectivity index (χ3n) is 3.92. The van der Waals surface area contributed by atoms with Crippen LogP contribution in [0.4, 0.5) is 0 Å². The molecule has 0 amide bonds. The van der Waals surface area contributed by atoms with E-state index in [2.05, 4.69) is 27.4 Å². The number of Topliss-reactive ketones (excluding diaryl/α,β-unsaturated/α-hetero) is 1. The number of carbonyl (C=O) groups excluding carboxylic acids is 1. The van der Waals surface area contributed by atoms with Gasteiger partial charge in [0, 0.05) is 30.2 Å². The van der Waals surface area contributed by atoms with Crippen LogP contribution >= 0.6 is 23.4 Å². The molecular weight excluding hydrogens is 348 g/mol. The van der Waals surface area contributed by atoms with Crippen LogP contribution in [0.2, 0.25) is 5.02 Å². The number of piperazine rings is 1. The van der Waals surface area contributed by atoms with E-state index in [1.165, 1.54) is 11.8 Å². The molecule has 1 unspecified atom stereocenters. The van der Waals surface area contributed by atoms with Gasteiger partial charge >= 0.3 is 0 Å². The fourth-order valence-electron chi connectivity index (χ4n) is 2.51. The van der Waals surface area contributed by atoms with Crippen molar-refractivity contribution in [2.75, 3.05) is 32.4 Å². The summed E-state index contributed by atoms with van der Waals surface area (Å²) in [6, 6.07) is 7.05. The summed E-state index contributed by atoms with van der Waals surface area (Å²) < 4.78 is 5.30. The van der Waals surface area contributed by atoms with Crippen molar-refractivity contribution < 1.29 is 9.32 Å². The molecule has 8 heteroatoms. The van der Waals surface area contributed by atoms with Gasteiger partial charge < -0.3 is 9.84 Å². The quantitative estimate of drug-likeness (QED) is 0.787. The van der Waals surface area contributed by atoms with Crippen LogP contribution in [0, 0.1) is 0 Å². The Hall–Kier alpha value is -1.41. The Balaban J connectivity index is 1.50. The van der Waals surface area contributed by atoms with Crippen molar-refractivity contribution in [3.63, 3.8) is 0 Å². The van der Waals surface area contributed by atoms with Gasteiger partial charge in [0.2, 0.25) is 5.89 Å². The maximum atomic E-state index is 12.1. The third kappa shape index (κ3) is 4.36. The molecule has 3 rings (SSSR count). The lowest BCUT2D eigenvalue weighted by molar-refractivity contribution is 0.102. The lowest BCUT2D eigenvalue weighted by Crippen LogP contribution is -2.44. The summed E-state index contributed by atoms with van der Waals surface area (Å²) in [5.41, 5.74) is 0.660. The van der Waals surface area contributed by atoms with Crippen LogP contribution in [0.5, 0.6) is 0 Å². The number of hydrogen-bond donors (Lipinski definition) is 1. The van der Waals surface area contributed by atoms with Gasteiger partial charge in [0.05, 0.1) is 17.5 Å². The molecule has 0 saturated carbocycles. The average molecular weight is 367 g/mol. The summed E-state index contributed by atoms with van der Waals surface area (Å²) in [4.78, 5) is 18.8. The van der Waals surface area contributed by atoms with E-state index in [0.29, 0.717) is 33.8 Å². The van der Waals surface area contributed by atoms with E-state index >= 15 is 0 Å². The van der Waals surface area contributed by atoms with Crippen LogP contribution in [0.1, 0.15) is 28.1 Å². The number of aromatic nitrogens is 2. The van der Waals surface area contributed by atoms with Crippen molar-refractivity contribution in [3.8, 4) is 0 Å². The Labute approximate surface area is 149 Å². The van der Waals surface area contributed by atoms with E-state index in [4.69, 9.17) is 16.1 Å². The number of halogens is 1. The van der Waals surface area contributed by atoms with Crippen LogP contribution in [0.3, 0.4) is 0 Å². The van der Waals surface area contributed by atoms with Gasteiger partial charge in [-0.2, -0.15) is 4.98 Å². The summed E-state index contributed by atoms with van der Waals surface area (Å²) in [6.07, 6.45) is 0. The number of carbonyl (C=O) groups is 1. The van der Waals surface area contributed by atoms with Gasteiger partial charge in [0.15, 0.2) is 11.6 Å². The molecule has 1 aliphatic heterocycles. The Morgan fingerprint density at radius 1 is 1.46 bits per heavy atom. The van der Waals surface area contributed by atoms with Gasteiger partial charge in [-0.15, -0.1) is 11.8 Å². The van der Waals surface area contributed by atoms with Gasteiger partial charge in [-0.25, -0.2) is 0 Å². The van der Waals surface area contributed by atoms with Gasteiger partial charge in [-0.05, 0) is 31.3 Å². The summed E-state index contributed by atoms with van der Waals surface area (Å²) in [7, 11) is 2.06. The minimum absolute atomic E-state index is 0.0626. The van der Waals surface area contributed by atoms with Crippen molar-refractivity contribution in [2.24, 2.45) is 0 Å². The first-order chi connectivity index (χ1) is 11.6. The SMILES string of the molecule is CN1CCNCC1c1noc(CSCC(=O)c2ccc(Cl)cc2)n1. The van der Waals surface area contributed by atoms with Crippen LogP contribution in [0.25, 0.3) is 0 Å². The highest BCUT2D eigenvalue weighted by molar-refractivity contribution is 7.99. The Morgan fingerprint density at radius 3 is 3.00 bits per heavy atom. The maximum Gasteiger partial charge on any atom is 0.236 e. The minimum atomic E-state index is 0.0626. The second kappa shape index (κ2) is 8.11. The molecule has 24 heavy (non-hydrogen) atoms. The highest BCUT2D eigenvalue weighted by Gasteiger charge is 2.25. The monoisotopic (exact) mass is 366 g/mol. The topological polar surface area (TPSA) is 71.3 Å². The summed E-state index contributed by atoms with van der Waals surface area (Å²) in [5.74, 6) is 2.20. The molecule has 0 aliphatic carbocycles. The number of hydrogen-bond acceptors (Lipinski definition) is 7. The molecule has 1 saturated heterocycles. The minimum Gasteiger partial charge on any atom is -0.338 e. The number of rotatable bonds is 6. The molecule has 1 atom stereocenters. The van der Waals surface area contributed by atoms with Crippen molar-refractivity contribution in [3.05, 3.63) is 46.6 Å². The van der Waals surface area contributed by atoms with Gasteiger partial charge in [-0.3, -0.25) is 9.69 Å². The molecule has 1 fully saturated rings. The van der Waals surface area contributed by atoms with Crippen molar-refractivity contribution in [1.29, 1.82) is 0 Å². The molecular formula is C16H19ClN4O2S. The first-order valence-corrected chi connectivity index (χ1v) is 9.26. The molecule has 1 aliphatic rings. The summed E-state index contributed by atoms with van der Waals surface area (Å²) >= 11 is 7.29. The number of likely N-dealkylation sites (N-methyl/N-ethyl adjacent to an activating group) is 1. The second-order valence-corrected chi connectivity index (χ2v) is 7.09. The van der Waals surface area contributed by atoms with E-state index in [0.717, 1.165) is 19.6 Å². The van der Waals surface area contributed by atoms with Gasteiger partial charge in [0.25, 0.3) is 0 Å². The number of ketones is 1. The molecule has 0 spiro atoms. The van der Waals surface area contributed by atoms with Crippen LogP contribution in [-0.4, -0.2) is 53.3 Å². The largest absolute Gasteiger partial charge is 0.338 e. The lowest BCUT2D eigenvalue weighted by atomic mass is 10.1. The number of benzene rings is 1. The van der Waals surface area contributed by atoms with Crippen molar-refractivity contribution >= 4 is 29.1 Å². The Morgan fingerprint density at radius 2 is 2.25 bits per heavy atom. The zero-order chi connectivity index (χ0) is 16.9. The highest BCUT2D eigenvalue weighted by Crippen LogP contribution is 2.20. The molecule has 6 nitrogen and oxygen atoms in total. The first kappa shape index (κ1) is 17.4. The standard InChI is InChI=1S/C16H19ClN4O2S/c1-21-7-6-18-8-13(21)16-19-15(23-20-16)10-24-9-14(22)11-2-4-12(17)5-3-11/h2-5,13,18H,6-10H2,1H3. The lowest BCUT2D eigenvalue weighted by Gasteiger charge is -2.30. The second-order valence-electron chi connectivity index (χ2n) is 5.67. The van der Waals surface area contributed by atoms with Gasteiger partial charge in [-0.1, -0.05) is 16.8 Å². The fourth-order valence-corrected chi connectivity index (χ4v) is 3.38. The number of nitrogens with zero attached hydrogens (tertiary/aromatic N) is 3. The summed E-state index contributed by atoms with van der Waals surface area (Å²) in [5, 5.41) is 8.03. The van der Waals surface area contributed by atoms with Gasteiger partial charge in [0.1, 0.15) is 0 Å². The molecule has 2 aromatic rings. The third-order valence-corrected chi connectivity index (χ3v) is 5.09. The van der Waals surface area contributed by atoms with E-state index in [-0.39, 0.29) is 11.8 Å². The van der Waals surface area contributed by atoms with E-state index < -0.39 is 0 Å². The zero-order valence-electron chi connectivity index (χ0n) is 13.4. The van der Waals surface area contributed by atoms with Crippen molar-refractivity contribution in [1.82, 2.24) is 20.4 Å². The van der Waals surface area contributed by atoms with Crippen LogP contribution in [-0.2, 0) is 5.75 Å². The smallest absolute Gasteiger partial charge is 0.236 e. The average Bonchev–Trinajstić information content (AvgIpc) is 3.04. The van der Waals surface area contributed by atoms with Crippen molar-refractivity contribution in [2.45, 2.75) is 11.8 Å². The predicted octanol–water partition coefficient (Wildman–Crippen LogP) is 2.42. The fraction of sp³-hybridized carbons (Fsp3) is 0.438. The summed E-state index contributed by atoms with van der Waals surface area (Å²) in [6.45, 7) is 2.75. The molecule has 128 valence electrons. The Kier molecular flexibility index (Phi) is 5.89. The molecule has 1 aromatic heterocycles. The molecule has 1 N–H and O–H groups in total. The first-order valence-electron chi connectivity index (χ1n) is 7.73.